The summed E-state index contributed by atoms with van der Waals surface area (Å²) in [5, 5.41) is 14.3. The van der Waals surface area contributed by atoms with E-state index in [0.717, 1.165) is 60.0 Å². The van der Waals surface area contributed by atoms with Crippen molar-refractivity contribution in [3.8, 4) is 29.1 Å². The van der Waals surface area contributed by atoms with Crippen molar-refractivity contribution in [1.29, 1.82) is 5.26 Å². The highest BCUT2D eigenvalue weighted by Gasteiger charge is 2.31. The van der Waals surface area contributed by atoms with E-state index in [2.05, 4.69) is 25.9 Å². The summed E-state index contributed by atoms with van der Waals surface area (Å²) >= 11 is 6.81. The molecular formula is C30H28ClN5O3. The molecule has 2 aromatic heterocycles. The largest absolute Gasteiger partial charge is 0.446 e. The van der Waals surface area contributed by atoms with E-state index in [1.165, 1.54) is 0 Å². The lowest BCUT2D eigenvalue weighted by Crippen LogP contribution is -2.21. The number of aryl methyl sites for hydroxylation is 1. The number of rotatable bonds is 7. The molecule has 0 bridgehead atoms. The summed E-state index contributed by atoms with van der Waals surface area (Å²) in [6.07, 6.45) is 6.39. The fraction of sp³-hybridized carbons (Fsp3) is 0.333. The molecule has 2 heterocycles. The van der Waals surface area contributed by atoms with Crippen LogP contribution in [0.15, 0.2) is 48.7 Å². The Morgan fingerprint density at radius 3 is 2.67 bits per heavy atom. The molecule has 198 valence electrons. The zero-order valence-corrected chi connectivity index (χ0v) is 22.5. The number of nitriles is 1. The molecule has 4 aromatic rings. The number of halogens is 1. The molecule has 0 spiro atoms. The highest BCUT2D eigenvalue weighted by atomic mass is 35.5. The minimum atomic E-state index is -0.496. The first-order chi connectivity index (χ1) is 18.9. The van der Waals surface area contributed by atoms with Gasteiger partial charge in [-0.15, -0.1) is 0 Å². The van der Waals surface area contributed by atoms with Crippen LogP contribution in [0.1, 0.15) is 56.3 Å². The fourth-order valence-corrected chi connectivity index (χ4v) is 5.37. The molecule has 0 saturated heterocycles. The number of hydrogen-bond donors (Lipinski definition) is 1. The van der Waals surface area contributed by atoms with Gasteiger partial charge in [0, 0.05) is 40.6 Å². The minimum Gasteiger partial charge on any atom is -0.446 e. The Morgan fingerprint density at radius 2 is 2.00 bits per heavy atom. The first kappa shape index (κ1) is 25.2. The second kappa shape index (κ2) is 10.2. The first-order valence-electron chi connectivity index (χ1n) is 13.2. The summed E-state index contributed by atoms with van der Waals surface area (Å²) in [5.41, 5.74) is 4.29. The molecule has 0 radical (unpaired) electrons. The molecule has 9 heteroatoms. The van der Waals surface area contributed by atoms with E-state index in [-0.39, 0.29) is 18.2 Å². The van der Waals surface area contributed by atoms with Crippen LogP contribution in [0.4, 0.5) is 10.5 Å². The molecule has 2 aliphatic carbocycles. The van der Waals surface area contributed by atoms with Crippen LogP contribution in [0.25, 0.3) is 22.2 Å². The molecule has 2 aromatic carbocycles. The van der Waals surface area contributed by atoms with Crippen molar-refractivity contribution in [3.05, 3.63) is 64.9 Å². The van der Waals surface area contributed by atoms with E-state index in [1.807, 2.05) is 44.2 Å². The van der Waals surface area contributed by atoms with Crippen molar-refractivity contribution in [3.63, 3.8) is 0 Å². The lowest BCUT2D eigenvalue weighted by atomic mass is 9.92. The Kier molecular flexibility index (Phi) is 6.61. The average molecular weight is 542 g/mol. The second-order valence-electron chi connectivity index (χ2n) is 10.3. The van der Waals surface area contributed by atoms with Gasteiger partial charge in [-0.25, -0.2) is 14.8 Å². The summed E-state index contributed by atoms with van der Waals surface area (Å²) in [6.45, 7) is 3.80. The minimum absolute atomic E-state index is 0.109. The van der Waals surface area contributed by atoms with Crippen LogP contribution in [0.3, 0.4) is 0 Å². The monoisotopic (exact) mass is 541 g/mol. The van der Waals surface area contributed by atoms with Gasteiger partial charge < -0.3 is 14.0 Å². The fourth-order valence-electron chi connectivity index (χ4n) is 5.10. The van der Waals surface area contributed by atoms with Gasteiger partial charge in [-0.2, -0.15) is 5.26 Å². The zero-order valence-electron chi connectivity index (χ0n) is 21.8. The Bertz CT molecular complexity index is 1620. The van der Waals surface area contributed by atoms with E-state index < -0.39 is 6.09 Å². The first-order valence-corrected chi connectivity index (χ1v) is 13.6. The SMILES string of the molecule is Cc1ccnc(Oc2ccc3c(C#N)c(-c4ccc(NC(=O)O[C@H](C)C5CC5)cc4Cl)n(C4CCC4)c3c2)n1. The number of aromatic nitrogens is 3. The summed E-state index contributed by atoms with van der Waals surface area (Å²) < 4.78 is 13.7. The topological polar surface area (TPSA) is 102 Å². The zero-order chi connectivity index (χ0) is 27.1. The maximum absolute atomic E-state index is 12.4. The summed E-state index contributed by atoms with van der Waals surface area (Å²) in [4.78, 5) is 20.9. The van der Waals surface area contributed by atoms with Crippen molar-refractivity contribution >= 4 is 34.3 Å². The van der Waals surface area contributed by atoms with E-state index in [1.54, 1.807) is 18.3 Å². The third-order valence-electron chi connectivity index (χ3n) is 7.56. The van der Waals surface area contributed by atoms with Crippen LogP contribution in [0.2, 0.25) is 5.02 Å². The van der Waals surface area contributed by atoms with Crippen LogP contribution in [-0.2, 0) is 4.74 Å². The Balaban J connectivity index is 1.37. The van der Waals surface area contributed by atoms with Crippen LogP contribution < -0.4 is 10.1 Å². The van der Waals surface area contributed by atoms with Crippen molar-refractivity contribution in [2.24, 2.45) is 5.92 Å². The Morgan fingerprint density at radius 1 is 1.18 bits per heavy atom. The lowest BCUT2D eigenvalue weighted by molar-refractivity contribution is 0.108. The molecule has 1 N–H and O–H groups in total. The number of fused-ring (bicyclic) bond motifs is 1. The molecule has 0 aliphatic heterocycles. The van der Waals surface area contributed by atoms with Gasteiger partial charge in [-0.05, 0) is 88.3 Å². The smallest absolute Gasteiger partial charge is 0.411 e. The molecule has 2 saturated carbocycles. The van der Waals surface area contributed by atoms with Crippen molar-refractivity contribution in [2.75, 3.05) is 5.32 Å². The van der Waals surface area contributed by atoms with Crippen LogP contribution in [0, 0.1) is 24.2 Å². The second-order valence-corrected chi connectivity index (χ2v) is 10.7. The van der Waals surface area contributed by atoms with Crippen LogP contribution >= 0.6 is 11.6 Å². The van der Waals surface area contributed by atoms with Crippen LogP contribution in [-0.4, -0.2) is 26.7 Å². The van der Waals surface area contributed by atoms with Gasteiger partial charge in [0.25, 0.3) is 0 Å². The number of nitrogens with one attached hydrogen (secondary N) is 1. The molecule has 8 nitrogen and oxygen atoms in total. The summed E-state index contributed by atoms with van der Waals surface area (Å²) in [5.74, 6) is 1.04. The number of ether oxygens (including phenoxy) is 2. The van der Waals surface area contributed by atoms with E-state index in [9.17, 15) is 10.1 Å². The van der Waals surface area contributed by atoms with E-state index in [0.29, 0.717) is 27.9 Å². The standard InChI is InChI=1S/C30H28ClN5O3/c1-17-12-13-33-29(34-17)39-22-9-11-23-25(16-32)28(36(27(23)15-22)21-4-3-5-21)24-10-8-20(14-26(24)31)35-30(37)38-18(2)19-6-7-19/h8-15,18-19,21H,3-7H2,1-2H3,(H,35,37)/t18-/m1/s1. The lowest BCUT2D eigenvalue weighted by Gasteiger charge is -2.30. The number of carbonyl (C=O) groups is 1. The highest BCUT2D eigenvalue weighted by Crippen LogP contribution is 2.45. The van der Waals surface area contributed by atoms with E-state index in [4.69, 9.17) is 21.1 Å². The summed E-state index contributed by atoms with van der Waals surface area (Å²) in [7, 11) is 0. The number of amides is 1. The molecule has 2 fully saturated rings. The molecule has 1 amide bonds. The van der Waals surface area contributed by atoms with Gasteiger partial charge >= 0.3 is 12.1 Å². The maximum atomic E-state index is 12.4. The molecule has 6 rings (SSSR count). The molecule has 1 atom stereocenters. The maximum Gasteiger partial charge on any atom is 0.411 e. The average Bonchev–Trinajstić information content (AvgIpc) is 3.67. The van der Waals surface area contributed by atoms with Gasteiger partial charge in [-0.1, -0.05) is 11.6 Å². The number of anilines is 1. The van der Waals surface area contributed by atoms with Gasteiger partial charge in [0.15, 0.2) is 0 Å². The van der Waals surface area contributed by atoms with Crippen molar-refractivity contribution < 1.29 is 14.3 Å². The normalized spacial score (nSPS) is 15.8. The Hall–Kier alpha value is -4.09. The van der Waals surface area contributed by atoms with Gasteiger partial charge in [0.1, 0.15) is 17.9 Å². The predicted octanol–water partition coefficient (Wildman–Crippen LogP) is 7.80. The third kappa shape index (κ3) is 5.02. The third-order valence-corrected chi connectivity index (χ3v) is 7.87. The summed E-state index contributed by atoms with van der Waals surface area (Å²) in [6, 6.07) is 15.7. The number of hydrogen-bond acceptors (Lipinski definition) is 6. The van der Waals surface area contributed by atoms with E-state index >= 15 is 0 Å². The Labute approximate surface area is 231 Å². The van der Waals surface area contributed by atoms with Gasteiger partial charge in [-0.3, -0.25) is 5.32 Å². The molecule has 39 heavy (non-hydrogen) atoms. The van der Waals surface area contributed by atoms with Gasteiger partial charge in [0.2, 0.25) is 0 Å². The number of nitrogens with zero attached hydrogens (tertiary/aromatic N) is 4. The van der Waals surface area contributed by atoms with Crippen molar-refractivity contribution in [1.82, 2.24) is 14.5 Å². The van der Waals surface area contributed by atoms with Crippen LogP contribution in [0.5, 0.6) is 11.8 Å². The van der Waals surface area contributed by atoms with Crippen molar-refractivity contribution in [2.45, 2.75) is 58.1 Å². The predicted molar refractivity (Wildman–Crippen MR) is 149 cm³/mol. The number of carbonyl (C=O) groups excluding carboxylic acids is 1. The van der Waals surface area contributed by atoms with Gasteiger partial charge in [0.05, 0.1) is 21.8 Å². The quantitative estimate of drug-likeness (QED) is 0.256. The molecule has 0 unspecified atom stereocenters. The molecule has 2 aliphatic rings. The molecular weight excluding hydrogens is 514 g/mol. The number of benzene rings is 2. The highest BCUT2D eigenvalue weighted by molar-refractivity contribution is 6.33.